The van der Waals surface area contributed by atoms with E-state index < -0.39 is 5.97 Å². The third-order valence-electron chi connectivity index (χ3n) is 3.18. The van der Waals surface area contributed by atoms with Crippen LogP contribution in [0.4, 0.5) is 0 Å². The lowest BCUT2D eigenvalue weighted by molar-refractivity contribution is -0.675. The summed E-state index contributed by atoms with van der Waals surface area (Å²) in [6.45, 7) is 0. The Hall–Kier alpha value is -1.32. The molecule has 0 radical (unpaired) electrons. The van der Waals surface area contributed by atoms with Gasteiger partial charge in [0, 0.05) is 0 Å². The van der Waals surface area contributed by atoms with Gasteiger partial charge in [-0.3, -0.25) is 0 Å². The smallest absolute Gasteiger partial charge is 0.304 e. The van der Waals surface area contributed by atoms with Crippen LogP contribution >= 0.6 is 0 Å². The lowest BCUT2D eigenvalue weighted by atomic mass is 9.95. The molecule has 1 saturated carbocycles. The van der Waals surface area contributed by atoms with Gasteiger partial charge >= 0.3 is 5.82 Å². The summed E-state index contributed by atoms with van der Waals surface area (Å²) in [5, 5.41) is 11.0. The number of carbonyl (C=O) groups is 1. The van der Waals surface area contributed by atoms with Crippen molar-refractivity contribution in [1.82, 2.24) is 4.57 Å². The van der Waals surface area contributed by atoms with Crippen molar-refractivity contribution in [3.63, 3.8) is 0 Å². The monoisotopic (exact) mass is 208 g/mol. The highest BCUT2D eigenvalue weighted by molar-refractivity contribution is 5.79. The number of imidazole rings is 1. The molecule has 0 unspecified atom stereocenters. The number of carboxylic acids is 1. The van der Waals surface area contributed by atoms with Gasteiger partial charge in [-0.15, -0.1) is 0 Å². The van der Waals surface area contributed by atoms with Crippen molar-refractivity contribution < 1.29 is 14.5 Å². The van der Waals surface area contributed by atoms with Gasteiger partial charge in [-0.05, 0) is 25.7 Å². The SMILES string of the molecule is C[n+]1ccn(C2CCCCC2)c1C(=O)[O-]. The van der Waals surface area contributed by atoms with E-state index in [0.717, 1.165) is 12.8 Å². The zero-order valence-electron chi connectivity index (χ0n) is 8.98. The fourth-order valence-electron chi connectivity index (χ4n) is 2.40. The maximum Gasteiger partial charge on any atom is 0.304 e. The predicted molar refractivity (Wildman–Crippen MR) is 52.1 cm³/mol. The van der Waals surface area contributed by atoms with Crippen LogP contribution in [0.3, 0.4) is 0 Å². The van der Waals surface area contributed by atoms with Crippen LogP contribution in [0.25, 0.3) is 0 Å². The minimum atomic E-state index is -1.09. The van der Waals surface area contributed by atoms with Crippen LogP contribution in [0.1, 0.15) is 48.8 Å². The molecule has 15 heavy (non-hydrogen) atoms. The second kappa shape index (κ2) is 4.04. The number of hydrogen-bond acceptors (Lipinski definition) is 2. The topological polar surface area (TPSA) is 48.9 Å². The first-order valence-corrected chi connectivity index (χ1v) is 5.48. The first-order chi connectivity index (χ1) is 7.20. The molecule has 2 rings (SSSR count). The van der Waals surface area contributed by atoms with Gasteiger partial charge in [0.15, 0.2) is 5.97 Å². The summed E-state index contributed by atoms with van der Waals surface area (Å²) < 4.78 is 3.47. The summed E-state index contributed by atoms with van der Waals surface area (Å²) in [7, 11) is 1.74. The molecule has 1 aliphatic carbocycles. The molecule has 1 aromatic rings. The van der Waals surface area contributed by atoms with Gasteiger partial charge in [0.05, 0.1) is 7.05 Å². The molecular formula is C11H16N2O2. The van der Waals surface area contributed by atoms with Crippen molar-refractivity contribution in [3.8, 4) is 0 Å². The molecule has 0 N–H and O–H groups in total. The fourth-order valence-corrected chi connectivity index (χ4v) is 2.40. The normalized spacial score (nSPS) is 17.9. The summed E-state index contributed by atoms with van der Waals surface area (Å²) in [6, 6.07) is 0.341. The van der Waals surface area contributed by atoms with Crippen molar-refractivity contribution in [1.29, 1.82) is 0 Å². The Morgan fingerprint density at radius 2 is 2.13 bits per heavy atom. The molecule has 1 heterocycles. The van der Waals surface area contributed by atoms with Gasteiger partial charge in [-0.25, -0.2) is 9.13 Å². The van der Waals surface area contributed by atoms with Crippen molar-refractivity contribution in [2.24, 2.45) is 7.05 Å². The van der Waals surface area contributed by atoms with E-state index in [1.807, 2.05) is 10.8 Å². The van der Waals surface area contributed by atoms with Crippen LogP contribution in [0, 0.1) is 0 Å². The quantitative estimate of drug-likeness (QED) is 0.651. The highest BCUT2D eigenvalue weighted by atomic mass is 16.4. The molecule has 0 aromatic carbocycles. The number of carbonyl (C=O) groups excluding carboxylic acids is 1. The number of rotatable bonds is 2. The Kier molecular flexibility index (Phi) is 2.75. The highest BCUT2D eigenvalue weighted by Crippen LogP contribution is 2.28. The number of aromatic carboxylic acids is 1. The van der Waals surface area contributed by atoms with Crippen molar-refractivity contribution >= 4 is 5.97 Å². The van der Waals surface area contributed by atoms with Crippen LogP contribution in [0.2, 0.25) is 0 Å². The van der Waals surface area contributed by atoms with Gasteiger partial charge in [0.25, 0.3) is 0 Å². The second-order valence-electron chi connectivity index (χ2n) is 4.22. The van der Waals surface area contributed by atoms with E-state index >= 15 is 0 Å². The number of nitrogens with zero attached hydrogens (tertiary/aromatic N) is 2. The number of carboxylic acid groups (broad SMARTS) is 1. The third kappa shape index (κ3) is 1.89. The second-order valence-corrected chi connectivity index (χ2v) is 4.22. The summed E-state index contributed by atoms with van der Waals surface area (Å²) >= 11 is 0. The van der Waals surface area contributed by atoms with Crippen LogP contribution in [-0.4, -0.2) is 10.5 Å². The minimum Gasteiger partial charge on any atom is -0.538 e. The molecule has 1 fully saturated rings. The first kappa shape index (κ1) is 10.2. The first-order valence-electron chi connectivity index (χ1n) is 5.48. The zero-order valence-corrected chi connectivity index (χ0v) is 8.98. The molecule has 0 amide bonds. The van der Waals surface area contributed by atoms with Crippen molar-refractivity contribution in [3.05, 3.63) is 18.2 Å². The Bertz CT molecular complexity index is 365. The molecule has 0 atom stereocenters. The van der Waals surface area contributed by atoms with Crippen LogP contribution < -0.4 is 9.67 Å². The molecular weight excluding hydrogens is 192 g/mol. The molecule has 0 bridgehead atoms. The maximum absolute atomic E-state index is 11.0. The Morgan fingerprint density at radius 3 is 2.73 bits per heavy atom. The number of aromatic nitrogens is 2. The van der Waals surface area contributed by atoms with E-state index in [4.69, 9.17) is 0 Å². The summed E-state index contributed by atoms with van der Waals surface area (Å²) in [6.07, 6.45) is 9.44. The van der Waals surface area contributed by atoms with Gasteiger partial charge in [-0.2, -0.15) is 0 Å². The van der Waals surface area contributed by atoms with E-state index in [1.165, 1.54) is 19.3 Å². The third-order valence-corrected chi connectivity index (χ3v) is 3.18. The molecule has 4 nitrogen and oxygen atoms in total. The maximum atomic E-state index is 11.0. The fraction of sp³-hybridized carbons (Fsp3) is 0.636. The van der Waals surface area contributed by atoms with Gasteiger partial charge in [0.2, 0.25) is 0 Å². The van der Waals surface area contributed by atoms with Crippen LogP contribution in [-0.2, 0) is 7.05 Å². The minimum absolute atomic E-state index is 0.280. The van der Waals surface area contributed by atoms with Crippen LogP contribution in [0.5, 0.6) is 0 Å². The molecule has 0 saturated heterocycles. The Morgan fingerprint density at radius 1 is 1.47 bits per heavy atom. The van der Waals surface area contributed by atoms with Crippen LogP contribution in [0.15, 0.2) is 12.4 Å². The average molecular weight is 208 g/mol. The molecule has 82 valence electrons. The van der Waals surface area contributed by atoms with E-state index in [1.54, 1.807) is 17.8 Å². The van der Waals surface area contributed by atoms with Crippen molar-refractivity contribution in [2.45, 2.75) is 38.1 Å². The van der Waals surface area contributed by atoms with E-state index in [-0.39, 0.29) is 5.82 Å². The van der Waals surface area contributed by atoms with E-state index in [9.17, 15) is 9.90 Å². The molecule has 0 aliphatic heterocycles. The molecule has 1 aliphatic rings. The lowest BCUT2D eigenvalue weighted by Crippen LogP contribution is -2.42. The highest BCUT2D eigenvalue weighted by Gasteiger charge is 2.25. The summed E-state index contributed by atoms with van der Waals surface area (Å²) in [4.78, 5) is 11.0. The van der Waals surface area contributed by atoms with Gasteiger partial charge in [0.1, 0.15) is 18.4 Å². The van der Waals surface area contributed by atoms with E-state index in [0.29, 0.717) is 6.04 Å². The summed E-state index contributed by atoms with van der Waals surface area (Å²) in [5.74, 6) is -0.810. The summed E-state index contributed by atoms with van der Waals surface area (Å²) in [5.41, 5.74) is 0. The zero-order chi connectivity index (χ0) is 10.8. The van der Waals surface area contributed by atoms with E-state index in [2.05, 4.69) is 0 Å². The largest absolute Gasteiger partial charge is 0.538 e. The Labute approximate surface area is 89.1 Å². The number of hydrogen-bond donors (Lipinski definition) is 0. The number of aryl methyl sites for hydroxylation is 1. The predicted octanol–water partition coefficient (Wildman–Crippen LogP) is 0.181. The Balaban J connectivity index is 2.30. The van der Waals surface area contributed by atoms with Gasteiger partial charge in [-0.1, -0.05) is 6.42 Å². The van der Waals surface area contributed by atoms with Gasteiger partial charge < -0.3 is 9.90 Å². The average Bonchev–Trinajstić information content (AvgIpc) is 2.61. The molecule has 0 spiro atoms. The molecule has 4 heteroatoms. The standard InChI is InChI=1S/C11H16N2O2/c1-12-7-8-13(10(12)11(14)15)9-5-3-2-4-6-9/h7-9H,2-6H2,1H3. The lowest BCUT2D eigenvalue weighted by Gasteiger charge is -2.20. The van der Waals surface area contributed by atoms with Crippen molar-refractivity contribution in [2.75, 3.05) is 0 Å². The molecule has 1 aromatic heterocycles.